The zero-order chi connectivity index (χ0) is 26.0. The van der Waals surface area contributed by atoms with Crippen molar-refractivity contribution in [2.45, 2.75) is 42.3 Å². The summed E-state index contributed by atoms with van der Waals surface area (Å²) in [5.41, 5.74) is 0.771. The van der Waals surface area contributed by atoms with Crippen molar-refractivity contribution in [2.75, 3.05) is 11.6 Å². The first kappa shape index (κ1) is 25.7. The van der Waals surface area contributed by atoms with Gasteiger partial charge in [0, 0.05) is 11.6 Å². The van der Waals surface area contributed by atoms with E-state index in [9.17, 15) is 32.3 Å². The van der Waals surface area contributed by atoms with Crippen LogP contribution in [-0.2, 0) is 17.5 Å². The van der Waals surface area contributed by atoms with E-state index in [1.54, 1.807) is 31.2 Å². The van der Waals surface area contributed by atoms with Crippen LogP contribution in [0.25, 0.3) is 0 Å². The Morgan fingerprint density at radius 2 is 1.81 bits per heavy atom. The number of carbonyl (C=O) groups excluding carboxylic acids is 1. The van der Waals surface area contributed by atoms with Gasteiger partial charge in [0.1, 0.15) is 5.03 Å². The number of pyridine rings is 1. The van der Waals surface area contributed by atoms with Crippen LogP contribution >= 0.6 is 11.8 Å². The summed E-state index contributed by atoms with van der Waals surface area (Å²) in [6.45, 7) is 0.698. The molecule has 2 atom stereocenters. The maximum Gasteiger partial charge on any atom is 0.416 e. The lowest BCUT2D eigenvalue weighted by atomic mass is 9.90. The van der Waals surface area contributed by atoms with Crippen molar-refractivity contribution in [1.29, 1.82) is 0 Å². The van der Waals surface area contributed by atoms with E-state index >= 15 is 0 Å². The summed E-state index contributed by atoms with van der Waals surface area (Å²) in [6.07, 6.45) is -4.62. The molecule has 0 radical (unpaired) electrons. The monoisotopic (exact) mass is 518 g/mol. The first-order valence-corrected chi connectivity index (χ1v) is 12.0. The summed E-state index contributed by atoms with van der Waals surface area (Å²) in [4.78, 5) is 30.8. The van der Waals surface area contributed by atoms with Gasteiger partial charge >= 0.3 is 12.1 Å². The minimum atomic E-state index is -4.60. The number of hydrogen-bond donors (Lipinski definition) is 1. The van der Waals surface area contributed by atoms with E-state index in [-0.39, 0.29) is 24.1 Å². The SMILES string of the molecule is Cc1ccc2c(n1)SC(C(CCF)c1ccc(C(=O)O)cc1)C(=O)N2Cc1ccccc1C(F)(F)F. The molecule has 4 rings (SSSR count). The molecule has 0 spiro atoms. The number of amides is 1. The Hall–Kier alpha value is -3.40. The van der Waals surface area contributed by atoms with Crippen LogP contribution in [0.3, 0.4) is 0 Å². The van der Waals surface area contributed by atoms with Crippen LogP contribution in [-0.4, -0.2) is 33.9 Å². The second-order valence-corrected chi connectivity index (χ2v) is 9.54. The number of hydrogen-bond acceptors (Lipinski definition) is 4. The molecule has 188 valence electrons. The topological polar surface area (TPSA) is 70.5 Å². The fraction of sp³-hybridized carbons (Fsp3) is 0.269. The van der Waals surface area contributed by atoms with Crippen LogP contribution in [0.1, 0.15) is 45.1 Å². The number of carboxylic acid groups (broad SMARTS) is 1. The van der Waals surface area contributed by atoms with E-state index < -0.39 is 41.5 Å². The van der Waals surface area contributed by atoms with Gasteiger partial charge in [0.05, 0.1) is 35.3 Å². The number of rotatable bonds is 7. The molecule has 36 heavy (non-hydrogen) atoms. The molecule has 0 saturated heterocycles. The molecule has 1 aliphatic heterocycles. The lowest BCUT2D eigenvalue weighted by molar-refractivity contribution is -0.138. The van der Waals surface area contributed by atoms with Crippen molar-refractivity contribution in [2.24, 2.45) is 0 Å². The lowest BCUT2D eigenvalue weighted by Crippen LogP contribution is -2.44. The second-order valence-electron chi connectivity index (χ2n) is 8.41. The Morgan fingerprint density at radius 1 is 1.11 bits per heavy atom. The number of halogens is 4. The summed E-state index contributed by atoms with van der Waals surface area (Å²) >= 11 is 1.15. The number of fused-ring (bicyclic) bond motifs is 1. The minimum absolute atomic E-state index is 0.0239. The van der Waals surface area contributed by atoms with Crippen LogP contribution in [0.5, 0.6) is 0 Å². The Morgan fingerprint density at radius 3 is 2.44 bits per heavy atom. The molecule has 0 bridgehead atoms. The third kappa shape index (κ3) is 5.23. The number of benzene rings is 2. The van der Waals surface area contributed by atoms with Crippen molar-refractivity contribution in [1.82, 2.24) is 4.98 Å². The van der Waals surface area contributed by atoms with Crippen molar-refractivity contribution < 1.29 is 32.3 Å². The van der Waals surface area contributed by atoms with Gasteiger partial charge in [0.15, 0.2) is 0 Å². The molecule has 5 nitrogen and oxygen atoms in total. The molecule has 0 saturated carbocycles. The van der Waals surface area contributed by atoms with E-state index in [2.05, 4.69) is 4.98 Å². The smallest absolute Gasteiger partial charge is 0.416 e. The van der Waals surface area contributed by atoms with Crippen molar-refractivity contribution in [3.8, 4) is 0 Å². The molecule has 2 unspecified atom stereocenters. The highest BCUT2D eigenvalue weighted by Crippen LogP contribution is 2.45. The molecular weight excluding hydrogens is 496 g/mol. The van der Waals surface area contributed by atoms with Gasteiger partial charge in [-0.3, -0.25) is 9.18 Å². The first-order valence-electron chi connectivity index (χ1n) is 11.1. The molecule has 0 aliphatic carbocycles. The Bertz CT molecular complexity index is 1280. The Kier molecular flexibility index (Phi) is 7.35. The summed E-state index contributed by atoms with van der Waals surface area (Å²) in [7, 11) is 0. The summed E-state index contributed by atoms with van der Waals surface area (Å²) < 4.78 is 54.6. The van der Waals surface area contributed by atoms with Crippen LogP contribution in [0, 0.1) is 6.92 Å². The molecular formula is C26H22F4N2O3S. The molecule has 0 fully saturated rings. The van der Waals surface area contributed by atoms with Crippen molar-refractivity contribution in [3.05, 3.63) is 88.6 Å². The summed E-state index contributed by atoms with van der Waals surface area (Å²) in [5, 5.41) is 8.79. The first-order chi connectivity index (χ1) is 17.1. The summed E-state index contributed by atoms with van der Waals surface area (Å²) in [6, 6.07) is 14.3. The molecule has 1 aromatic heterocycles. The van der Waals surface area contributed by atoms with Crippen molar-refractivity contribution in [3.63, 3.8) is 0 Å². The van der Waals surface area contributed by atoms with Crippen LogP contribution in [0.4, 0.5) is 23.2 Å². The van der Waals surface area contributed by atoms with Gasteiger partial charge in [-0.25, -0.2) is 9.78 Å². The van der Waals surface area contributed by atoms with Gasteiger partial charge < -0.3 is 10.0 Å². The van der Waals surface area contributed by atoms with E-state index in [0.29, 0.717) is 22.0 Å². The van der Waals surface area contributed by atoms with Crippen molar-refractivity contribution >= 4 is 29.3 Å². The predicted octanol–water partition coefficient (Wildman–Crippen LogP) is 6.26. The standard InChI is InChI=1S/C26H22F4N2O3S/c1-15-6-11-21-23(31-15)36-22(19(12-13-27)16-7-9-17(10-8-16)25(34)35)24(33)32(21)14-18-4-2-3-5-20(18)26(28,29)30/h2-11,19,22H,12-14H2,1H3,(H,34,35). The normalized spacial score (nSPS) is 16.5. The number of anilines is 1. The molecule has 10 heteroatoms. The Balaban J connectivity index is 1.77. The molecule has 2 heterocycles. The summed E-state index contributed by atoms with van der Waals surface area (Å²) in [5.74, 6) is -2.23. The van der Waals surface area contributed by atoms with E-state index in [1.165, 1.54) is 35.2 Å². The van der Waals surface area contributed by atoms with Crippen LogP contribution in [0.2, 0.25) is 0 Å². The van der Waals surface area contributed by atoms with E-state index in [4.69, 9.17) is 0 Å². The Labute approximate surface area is 209 Å². The average molecular weight is 519 g/mol. The third-order valence-corrected chi connectivity index (χ3v) is 7.35. The second kappa shape index (κ2) is 10.3. The maximum atomic E-state index is 13.8. The molecule has 1 aliphatic rings. The minimum Gasteiger partial charge on any atom is -0.478 e. The molecule has 3 aromatic rings. The number of aromatic carboxylic acids is 1. The highest BCUT2D eigenvalue weighted by atomic mass is 32.2. The number of carboxylic acids is 1. The number of aromatic nitrogens is 1. The number of thioether (sulfide) groups is 1. The van der Waals surface area contributed by atoms with Gasteiger partial charge in [-0.2, -0.15) is 13.2 Å². The van der Waals surface area contributed by atoms with Crippen LogP contribution in [0.15, 0.2) is 65.7 Å². The van der Waals surface area contributed by atoms with E-state index in [1.807, 2.05) is 0 Å². The number of nitrogens with zero attached hydrogens (tertiary/aromatic N) is 2. The molecule has 2 aromatic carbocycles. The highest BCUT2D eigenvalue weighted by Gasteiger charge is 2.41. The highest BCUT2D eigenvalue weighted by molar-refractivity contribution is 8.00. The maximum absolute atomic E-state index is 13.8. The largest absolute Gasteiger partial charge is 0.478 e. The van der Waals surface area contributed by atoms with Gasteiger partial charge in [-0.1, -0.05) is 42.1 Å². The zero-order valence-electron chi connectivity index (χ0n) is 19.1. The molecule has 1 N–H and O–H groups in total. The number of carbonyl (C=O) groups is 2. The van der Waals surface area contributed by atoms with Crippen LogP contribution < -0.4 is 4.90 Å². The number of alkyl halides is 4. The zero-order valence-corrected chi connectivity index (χ0v) is 19.9. The van der Waals surface area contributed by atoms with Gasteiger partial charge in [0.25, 0.3) is 0 Å². The average Bonchev–Trinajstić information content (AvgIpc) is 2.84. The molecule has 1 amide bonds. The fourth-order valence-electron chi connectivity index (χ4n) is 4.27. The van der Waals surface area contributed by atoms with E-state index in [0.717, 1.165) is 17.8 Å². The fourth-order valence-corrected chi connectivity index (χ4v) is 5.69. The predicted molar refractivity (Wildman–Crippen MR) is 128 cm³/mol. The third-order valence-electron chi connectivity index (χ3n) is 6.04. The lowest BCUT2D eigenvalue weighted by Gasteiger charge is -2.37. The van der Waals surface area contributed by atoms with Gasteiger partial charge in [0.2, 0.25) is 5.91 Å². The van der Waals surface area contributed by atoms with Gasteiger partial charge in [-0.05, 0) is 54.8 Å². The quantitative estimate of drug-likeness (QED) is 0.374. The number of aryl methyl sites for hydroxylation is 1. The van der Waals surface area contributed by atoms with Gasteiger partial charge in [-0.15, -0.1) is 0 Å².